The Morgan fingerprint density at radius 1 is 0.755 bits per heavy atom. The van der Waals surface area contributed by atoms with Gasteiger partial charge in [-0.1, -0.05) is 86.9 Å². The number of hydrogen-bond donors (Lipinski definition) is 14. The number of nitrogen functional groups attached to an aromatic ring is 1. The van der Waals surface area contributed by atoms with Crippen LogP contribution in [-0.2, 0) is 95.4 Å². The summed E-state index contributed by atoms with van der Waals surface area (Å²) in [5, 5.41) is 54.6. The van der Waals surface area contributed by atoms with Gasteiger partial charge in [0, 0.05) is 172 Å². The highest BCUT2D eigenvalue weighted by Crippen LogP contribution is 2.40. The van der Waals surface area contributed by atoms with E-state index < -0.39 is 120 Å². The number of aromatic hydroxyl groups is 1. The van der Waals surface area contributed by atoms with Crippen molar-refractivity contribution in [2.45, 2.75) is 148 Å². The summed E-state index contributed by atoms with van der Waals surface area (Å²) in [5.74, 6) is -6.61. The first-order valence-corrected chi connectivity index (χ1v) is 48.3. The number of likely N-dealkylation sites (N-methyl/N-ethyl adjacent to an activating group) is 2. The molecule has 0 spiro atoms. The third kappa shape index (κ3) is 32.2. The summed E-state index contributed by atoms with van der Waals surface area (Å²) in [4.78, 5) is 191. The number of methoxy groups -OCH3 is 1. The number of fused-ring (bicyclic) bond motifs is 3. The Bertz CT molecular complexity index is 6010. The normalized spacial score (nSPS) is 13.6. The Morgan fingerprint density at radius 3 is 2.24 bits per heavy atom. The second kappa shape index (κ2) is 54.6. The number of anilines is 7. The summed E-state index contributed by atoms with van der Waals surface area (Å²) in [6.45, 7) is 13.1. The van der Waals surface area contributed by atoms with E-state index in [1.807, 2.05) is 69.6 Å². The topological polar surface area (TPSA) is 619 Å². The van der Waals surface area contributed by atoms with E-state index in [9.17, 15) is 62.6 Å². The minimum Gasteiger partial charge on any atom is -0.494 e. The highest BCUT2D eigenvalue weighted by Gasteiger charge is 2.41. The molecule has 16 N–H and O–H groups in total. The SMILES string of the molecule is C=CC(=O)Nc1cc(Nc2nccc(-c3cn(C)c4ccccc34)n2)c(OC)cc1N(C)CCN(C)Cc1cn(CCOCCOCCOCCNC(=O)C(CSCCNC(=O)C(CCCCN=[N+]=[N-])NC(=O)CCC(=O)N[C@H](C(=O)N[C@@H](CCCNC(N)=O)C(=O)Nc2ccc(Cn3c(O)nc4c(N)nc(OCCCC)nc43)cc2)C(C)C)CC(=O)Nc2cccc3c2CN(C2CCC(=O)NC2=O)C3=O)nn1. The Labute approximate surface area is 829 Å². The van der Waals surface area contributed by atoms with Crippen LogP contribution in [0.4, 0.5) is 45.0 Å². The molecule has 2 aliphatic rings. The number of amides is 13. The number of benzene rings is 4. The molecular formula is C95H125N29O18S. The molecule has 11 rings (SSSR count). The Balaban J connectivity index is 0.613. The van der Waals surface area contributed by atoms with Gasteiger partial charge in [0.1, 0.15) is 29.9 Å². The average molecular weight is 1990 g/mol. The fraction of sp³-hybridized carbons (Fsp3) is 0.463. The van der Waals surface area contributed by atoms with Crippen molar-refractivity contribution in [3.05, 3.63) is 149 Å². The number of imide groups is 1. The standard InChI is InChI=1S/C95H125N29O18S/c1-9-11-41-142-94-114-84(96)83-85(115-94)124(95(137)113-83)52-59-24-26-61(27-25-59)104-88(132)70(22-17-33-101-92(97)136)108-90(134)82(58(3)4)111-79(127)31-30-78(126)106-69(20-14-15-34-103-117-98)87(131)100-37-48-143-57-60(49-81(129)105-67-21-16-19-64-66(67)56-123(91(64)135)74-28-29-80(128)112-89(74)133)86(130)99-36-42-139-44-46-141-47-45-140-43-40-122-54-62(116-118-122)53-119(5)38-39-120(6)75-51-76(138-8)72(50-71(75)107-77(125)10-2)110-93-102-35-32-68(109-93)65-55-121(7)73-23-13-12-18-63(65)73/h10,12-13,16,18-19,21,23-27,32,35,50-51,54-55,58,60,69-70,74,82H,2,9,11,14-15,17,20,22,28-31,33-34,36-49,52-53,56-57H2,1,3-8H3,(H,99,130)(H,100,131)(H,104,132)(H,105,129)(H,106,126)(H,107,125)(H,108,134)(H,111,127)(H,113,137)(H2,96,114,115)(H3,97,101,136)(H,102,109,110)(H,112,128,133)/t60?,69?,70-,74?,82-/m0/s1. The van der Waals surface area contributed by atoms with E-state index in [1.165, 1.54) is 27.3 Å². The van der Waals surface area contributed by atoms with Gasteiger partial charge in [0.15, 0.2) is 17.0 Å². The maximum atomic E-state index is 14.1. The molecule has 3 unspecified atom stereocenters. The van der Waals surface area contributed by atoms with Crippen LogP contribution in [0.5, 0.6) is 17.8 Å². The number of nitrogens with zero attached hydrogens (tertiary/aromatic N) is 16. The number of nitrogens with one attached hydrogen (secondary N) is 11. The molecule has 9 aromatic rings. The fourth-order valence-corrected chi connectivity index (χ4v) is 16.8. The number of thioether (sulfide) groups is 1. The van der Waals surface area contributed by atoms with E-state index in [-0.39, 0.29) is 157 Å². The van der Waals surface area contributed by atoms with Gasteiger partial charge in [-0.2, -0.15) is 26.7 Å². The van der Waals surface area contributed by atoms with Crippen molar-refractivity contribution in [1.29, 1.82) is 0 Å². The lowest BCUT2D eigenvalue weighted by atomic mass is 10.0. The zero-order valence-electron chi connectivity index (χ0n) is 81.1. The molecule has 7 heterocycles. The third-order valence-electron chi connectivity index (χ3n) is 23.4. The van der Waals surface area contributed by atoms with Gasteiger partial charge in [0.25, 0.3) is 11.9 Å². The van der Waals surface area contributed by atoms with E-state index in [1.54, 1.807) is 80.4 Å². The molecule has 5 atom stereocenters. The summed E-state index contributed by atoms with van der Waals surface area (Å²) in [5.41, 5.74) is 28.0. The van der Waals surface area contributed by atoms with Gasteiger partial charge in [-0.3, -0.25) is 67.5 Å². The van der Waals surface area contributed by atoms with Gasteiger partial charge in [-0.15, -0.1) is 5.10 Å². The number of urea groups is 1. The van der Waals surface area contributed by atoms with E-state index in [0.717, 1.165) is 40.7 Å². The molecule has 0 radical (unpaired) electrons. The number of para-hydroxylation sites is 1. The fourth-order valence-electron chi connectivity index (χ4n) is 15.8. The summed E-state index contributed by atoms with van der Waals surface area (Å²) in [7, 11) is 7.45. The number of imidazole rings is 1. The number of unbranched alkanes of at least 4 members (excludes halogenated alkanes) is 2. The number of azide groups is 1. The number of rotatable bonds is 60. The predicted octanol–water partition coefficient (Wildman–Crippen LogP) is 6.21. The maximum absolute atomic E-state index is 14.1. The first kappa shape index (κ1) is 108. The number of carbonyl (C=O) groups excluding carboxylic acids is 12. The molecule has 1 fully saturated rings. The Hall–Kier alpha value is -15.1. The first-order chi connectivity index (χ1) is 69.0. The molecule has 764 valence electrons. The molecular weight excluding hydrogens is 1870 g/mol. The molecule has 48 heteroatoms. The molecule has 143 heavy (non-hydrogen) atoms. The molecule has 5 aromatic heterocycles. The Morgan fingerprint density at radius 2 is 1.50 bits per heavy atom. The number of primary amides is 1. The number of nitrogens with two attached hydrogens (primary N) is 2. The number of aryl methyl sites for hydroxylation is 1. The van der Waals surface area contributed by atoms with Gasteiger partial charge in [-0.25, -0.2) is 19.4 Å². The van der Waals surface area contributed by atoms with E-state index in [2.05, 4.69) is 127 Å². The van der Waals surface area contributed by atoms with Crippen molar-refractivity contribution in [2.75, 3.05) is 150 Å². The van der Waals surface area contributed by atoms with Crippen LogP contribution in [0.25, 0.3) is 43.8 Å². The molecule has 47 nitrogen and oxygen atoms in total. The summed E-state index contributed by atoms with van der Waals surface area (Å²) >= 11 is 1.25. The van der Waals surface area contributed by atoms with Crippen molar-refractivity contribution in [3.63, 3.8) is 0 Å². The maximum Gasteiger partial charge on any atom is 0.320 e. The third-order valence-corrected chi connectivity index (χ3v) is 24.5. The number of piperidine rings is 1. The smallest absolute Gasteiger partial charge is 0.320 e. The second-order valence-electron chi connectivity index (χ2n) is 34.4. The van der Waals surface area contributed by atoms with Crippen molar-refractivity contribution in [1.82, 2.24) is 96.1 Å². The van der Waals surface area contributed by atoms with Crippen LogP contribution in [0.15, 0.2) is 121 Å². The zero-order chi connectivity index (χ0) is 102. The minimum atomic E-state index is -1.21. The molecule has 1 saturated heterocycles. The average Bonchev–Trinajstić information content (AvgIpc) is 1.73. The van der Waals surface area contributed by atoms with Crippen LogP contribution >= 0.6 is 11.8 Å². The molecule has 13 amide bonds. The molecule has 4 aromatic carbocycles. The lowest BCUT2D eigenvalue weighted by Crippen LogP contribution is -2.54. The van der Waals surface area contributed by atoms with E-state index in [4.69, 9.17) is 45.7 Å². The monoisotopic (exact) mass is 1990 g/mol. The number of hydrogen-bond acceptors (Lipinski definition) is 31. The molecule has 0 bridgehead atoms. The summed E-state index contributed by atoms with van der Waals surface area (Å²) in [6.07, 6.45) is 8.43. The largest absolute Gasteiger partial charge is 0.494 e. The van der Waals surface area contributed by atoms with Crippen LogP contribution < -0.4 is 84.3 Å². The summed E-state index contributed by atoms with van der Waals surface area (Å²) < 4.78 is 34.1. The number of carbonyl (C=O) groups is 12. The van der Waals surface area contributed by atoms with Crippen LogP contribution in [0.1, 0.15) is 125 Å². The van der Waals surface area contributed by atoms with Crippen molar-refractivity contribution in [3.8, 4) is 29.0 Å². The Kier molecular flexibility index (Phi) is 41.3. The van der Waals surface area contributed by atoms with E-state index in [0.29, 0.717) is 103 Å². The summed E-state index contributed by atoms with van der Waals surface area (Å²) in [6, 6.07) is 19.4. The van der Waals surface area contributed by atoms with Gasteiger partial charge >= 0.3 is 12.0 Å². The lowest BCUT2D eigenvalue weighted by Gasteiger charge is -2.29. The molecule has 0 saturated carbocycles. The van der Waals surface area contributed by atoms with Crippen LogP contribution in [-0.4, -0.2) is 277 Å². The lowest BCUT2D eigenvalue weighted by molar-refractivity contribution is -0.137. The van der Waals surface area contributed by atoms with E-state index >= 15 is 0 Å². The van der Waals surface area contributed by atoms with Crippen molar-refractivity contribution in [2.24, 2.45) is 29.7 Å². The molecule has 2 aliphatic heterocycles. The second-order valence-corrected chi connectivity index (χ2v) is 35.6. The molecule has 0 aliphatic carbocycles. The highest BCUT2D eigenvalue weighted by molar-refractivity contribution is 7.99. The van der Waals surface area contributed by atoms with Crippen LogP contribution in [0.3, 0.4) is 0 Å². The van der Waals surface area contributed by atoms with Gasteiger partial charge in [0.2, 0.25) is 65.0 Å². The van der Waals surface area contributed by atoms with Crippen molar-refractivity contribution < 1.29 is 86.3 Å². The number of aromatic nitrogens is 10. The first-order valence-electron chi connectivity index (χ1n) is 47.2. The van der Waals surface area contributed by atoms with Gasteiger partial charge in [0.05, 0.1) is 101 Å². The zero-order valence-corrected chi connectivity index (χ0v) is 81.9. The van der Waals surface area contributed by atoms with Crippen LogP contribution in [0.2, 0.25) is 0 Å². The minimum absolute atomic E-state index is 0.0157. The predicted molar refractivity (Wildman–Crippen MR) is 534 cm³/mol. The number of ether oxygens (including phenoxy) is 5. The quantitative estimate of drug-likeness (QED) is 0.00503. The van der Waals surface area contributed by atoms with Gasteiger partial charge < -0.3 is 108 Å². The van der Waals surface area contributed by atoms with Gasteiger partial charge in [-0.05, 0) is 111 Å². The highest BCUT2D eigenvalue weighted by atomic mass is 32.2. The van der Waals surface area contributed by atoms with Crippen molar-refractivity contribution >= 4 is 145 Å². The van der Waals surface area contributed by atoms with Crippen LogP contribution in [0, 0.1) is 11.8 Å².